The molecule has 0 spiro atoms. The minimum atomic E-state index is -3.64. The fraction of sp³-hybridized carbons (Fsp3) is 0.526. The highest BCUT2D eigenvalue weighted by atomic mass is 32.2. The molecule has 10 nitrogen and oxygen atoms in total. The average molecular weight is 470 g/mol. The van der Waals surface area contributed by atoms with Crippen LogP contribution in [0.15, 0.2) is 33.0 Å². The van der Waals surface area contributed by atoms with E-state index in [-0.39, 0.29) is 27.9 Å². The summed E-state index contributed by atoms with van der Waals surface area (Å²) in [5, 5.41) is 9.47. The zero-order valence-corrected chi connectivity index (χ0v) is 19.2. The summed E-state index contributed by atoms with van der Waals surface area (Å²) in [6.07, 6.45) is 3.46. The van der Waals surface area contributed by atoms with Crippen LogP contribution in [0.4, 0.5) is 5.69 Å². The number of nitrogens with zero attached hydrogens (tertiary/aromatic N) is 3. The Kier molecular flexibility index (Phi) is 7.79. The van der Waals surface area contributed by atoms with E-state index in [1.54, 1.807) is 0 Å². The predicted octanol–water partition coefficient (Wildman–Crippen LogP) is 1.90. The van der Waals surface area contributed by atoms with Gasteiger partial charge in [-0.15, -0.1) is 5.10 Å². The smallest absolute Gasteiger partial charge is 0.343 e. The van der Waals surface area contributed by atoms with E-state index in [9.17, 15) is 18.0 Å². The number of thioether (sulfide) groups is 1. The number of hydrogen-bond acceptors (Lipinski definition) is 7. The zero-order valence-electron chi connectivity index (χ0n) is 17.6. The minimum Gasteiger partial charge on any atom is -0.495 e. The summed E-state index contributed by atoms with van der Waals surface area (Å²) in [4.78, 5) is 24.4. The number of aromatic amines is 1. The van der Waals surface area contributed by atoms with Gasteiger partial charge >= 0.3 is 5.69 Å². The Labute approximate surface area is 185 Å². The lowest BCUT2D eigenvalue weighted by molar-refractivity contribution is -0.113. The second kappa shape index (κ2) is 10.3. The van der Waals surface area contributed by atoms with E-state index in [1.807, 2.05) is 6.92 Å². The SMILES string of the molecule is CCCn1c(SCC(=O)Nc2cc(S(=O)(=O)N3CCCCC3)ccc2OC)n[nH]c1=O. The van der Waals surface area contributed by atoms with Crippen molar-refractivity contribution in [1.29, 1.82) is 0 Å². The zero-order chi connectivity index (χ0) is 22.4. The third-order valence-corrected chi connectivity index (χ3v) is 7.77. The molecule has 12 heteroatoms. The van der Waals surface area contributed by atoms with Crippen LogP contribution in [0, 0.1) is 0 Å². The molecule has 0 unspecified atom stereocenters. The average Bonchev–Trinajstić information content (AvgIpc) is 3.12. The third kappa shape index (κ3) is 5.49. The summed E-state index contributed by atoms with van der Waals surface area (Å²) < 4.78 is 34.2. The lowest BCUT2D eigenvalue weighted by Gasteiger charge is -2.26. The van der Waals surface area contributed by atoms with Gasteiger partial charge in [-0.05, 0) is 37.5 Å². The van der Waals surface area contributed by atoms with Gasteiger partial charge in [0.2, 0.25) is 15.9 Å². The maximum atomic E-state index is 13.0. The number of sulfonamides is 1. The van der Waals surface area contributed by atoms with Crippen LogP contribution in [0.25, 0.3) is 0 Å². The Morgan fingerprint density at radius 2 is 2.03 bits per heavy atom. The van der Waals surface area contributed by atoms with E-state index in [0.717, 1.165) is 37.4 Å². The second-order valence-electron chi connectivity index (χ2n) is 7.13. The molecule has 0 bridgehead atoms. The molecule has 31 heavy (non-hydrogen) atoms. The van der Waals surface area contributed by atoms with Crippen molar-refractivity contribution in [3.63, 3.8) is 0 Å². The molecule has 1 aromatic carbocycles. The van der Waals surface area contributed by atoms with E-state index in [2.05, 4.69) is 15.5 Å². The van der Waals surface area contributed by atoms with Crippen LogP contribution in [-0.2, 0) is 21.4 Å². The maximum absolute atomic E-state index is 13.0. The molecule has 2 N–H and O–H groups in total. The lowest BCUT2D eigenvalue weighted by Crippen LogP contribution is -2.35. The van der Waals surface area contributed by atoms with Crippen LogP contribution in [-0.4, -0.2) is 59.3 Å². The van der Waals surface area contributed by atoms with Crippen LogP contribution >= 0.6 is 11.8 Å². The van der Waals surface area contributed by atoms with Crippen LogP contribution in [0.3, 0.4) is 0 Å². The first-order valence-corrected chi connectivity index (χ1v) is 12.6. The number of hydrogen-bond donors (Lipinski definition) is 2. The Morgan fingerprint density at radius 3 is 2.71 bits per heavy atom. The molecule has 0 radical (unpaired) electrons. The highest BCUT2D eigenvalue weighted by Gasteiger charge is 2.27. The number of ether oxygens (including phenoxy) is 1. The first-order chi connectivity index (χ1) is 14.9. The molecule has 170 valence electrons. The standard InChI is InChI=1S/C19H27N5O5S2/c1-3-9-24-18(26)21-22-19(24)30-13-17(25)20-15-12-14(7-8-16(15)29-2)31(27,28)23-10-5-4-6-11-23/h7-8,12H,3-6,9-11,13H2,1-2H3,(H,20,25)(H,21,26). The van der Waals surface area contributed by atoms with Crippen molar-refractivity contribution in [2.75, 3.05) is 31.3 Å². The van der Waals surface area contributed by atoms with E-state index in [0.29, 0.717) is 30.5 Å². The molecule has 1 fully saturated rings. The summed E-state index contributed by atoms with van der Waals surface area (Å²) in [5.41, 5.74) is -0.0405. The Bertz CT molecular complexity index is 1070. The number of nitrogens with one attached hydrogen (secondary N) is 2. The van der Waals surface area contributed by atoms with Crippen molar-refractivity contribution in [1.82, 2.24) is 19.1 Å². The number of aromatic nitrogens is 3. The minimum absolute atomic E-state index is 0.000262. The van der Waals surface area contributed by atoms with Crippen LogP contribution in [0.5, 0.6) is 5.75 Å². The van der Waals surface area contributed by atoms with Gasteiger partial charge in [-0.1, -0.05) is 25.1 Å². The van der Waals surface area contributed by atoms with Gasteiger partial charge in [0.25, 0.3) is 0 Å². The van der Waals surface area contributed by atoms with Gasteiger partial charge in [-0.3, -0.25) is 9.36 Å². The third-order valence-electron chi connectivity index (χ3n) is 4.90. The molecule has 2 aromatic rings. The lowest BCUT2D eigenvalue weighted by atomic mass is 10.2. The molecular formula is C19H27N5O5S2. The molecule has 1 aromatic heterocycles. The highest BCUT2D eigenvalue weighted by molar-refractivity contribution is 7.99. The van der Waals surface area contributed by atoms with Crippen molar-refractivity contribution in [3.8, 4) is 5.75 Å². The Balaban J connectivity index is 1.73. The summed E-state index contributed by atoms with van der Waals surface area (Å²) in [6.45, 7) is 3.44. The molecule has 0 aliphatic carbocycles. The van der Waals surface area contributed by atoms with Crippen molar-refractivity contribution >= 4 is 33.4 Å². The predicted molar refractivity (Wildman–Crippen MR) is 118 cm³/mol. The normalized spacial score (nSPS) is 15.0. The monoisotopic (exact) mass is 469 g/mol. The van der Waals surface area contributed by atoms with Gasteiger partial charge in [-0.2, -0.15) is 4.31 Å². The van der Waals surface area contributed by atoms with Gasteiger partial charge in [0.15, 0.2) is 5.16 Å². The van der Waals surface area contributed by atoms with Crippen molar-refractivity contribution in [2.45, 2.75) is 49.2 Å². The van der Waals surface area contributed by atoms with Gasteiger partial charge in [0.1, 0.15) is 5.75 Å². The van der Waals surface area contributed by atoms with Gasteiger partial charge in [-0.25, -0.2) is 18.3 Å². The first-order valence-electron chi connectivity index (χ1n) is 10.1. The summed E-state index contributed by atoms with van der Waals surface area (Å²) in [7, 11) is -2.19. The summed E-state index contributed by atoms with van der Waals surface area (Å²) in [6, 6.07) is 4.44. The number of H-pyrrole nitrogens is 1. The van der Waals surface area contributed by atoms with Crippen molar-refractivity contribution < 1.29 is 17.9 Å². The number of rotatable bonds is 9. The number of carbonyl (C=O) groups is 1. The van der Waals surface area contributed by atoms with Crippen LogP contribution < -0.4 is 15.7 Å². The molecule has 1 aliphatic heterocycles. The summed E-state index contributed by atoms with van der Waals surface area (Å²) in [5.74, 6) is -0.00629. The number of methoxy groups -OCH3 is 1. The molecule has 3 rings (SSSR count). The van der Waals surface area contributed by atoms with E-state index in [4.69, 9.17) is 4.74 Å². The highest BCUT2D eigenvalue weighted by Crippen LogP contribution is 2.30. The molecule has 1 aliphatic rings. The molecule has 0 saturated carbocycles. The van der Waals surface area contributed by atoms with E-state index < -0.39 is 10.0 Å². The van der Waals surface area contributed by atoms with Gasteiger partial charge < -0.3 is 10.1 Å². The van der Waals surface area contributed by atoms with Crippen molar-refractivity contribution in [3.05, 3.63) is 28.7 Å². The molecule has 0 atom stereocenters. The topological polar surface area (TPSA) is 126 Å². The Morgan fingerprint density at radius 1 is 1.29 bits per heavy atom. The van der Waals surface area contributed by atoms with Crippen LogP contribution in [0.2, 0.25) is 0 Å². The molecule has 1 saturated heterocycles. The molecule has 2 heterocycles. The number of amides is 1. The number of piperidine rings is 1. The van der Waals surface area contributed by atoms with Crippen LogP contribution in [0.1, 0.15) is 32.6 Å². The Hall–Kier alpha value is -2.31. The fourth-order valence-corrected chi connectivity index (χ4v) is 5.67. The fourth-order valence-electron chi connectivity index (χ4n) is 3.35. The van der Waals surface area contributed by atoms with Crippen molar-refractivity contribution in [2.24, 2.45) is 0 Å². The molecular weight excluding hydrogens is 442 g/mol. The number of anilines is 1. The number of carbonyl (C=O) groups excluding carboxylic acids is 1. The van der Waals surface area contributed by atoms with Gasteiger partial charge in [0.05, 0.1) is 23.4 Å². The number of benzene rings is 1. The van der Waals surface area contributed by atoms with E-state index in [1.165, 1.54) is 34.2 Å². The quantitative estimate of drug-likeness (QED) is 0.537. The van der Waals surface area contributed by atoms with E-state index >= 15 is 0 Å². The largest absolute Gasteiger partial charge is 0.495 e. The molecule has 1 amide bonds. The first kappa shape index (κ1) is 23.4. The maximum Gasteiger partial charge on any atom is 0.343 e. The van der Waals surface area contributed by atoms with Gasteiger partial charge in [0, 0.05) is 19.6 Å². The summed E-state index contributed by atoms with van der Waals surface area (Å²) >= 11 is 1.12. The second-order valence-corrected chi connectivity index (χ2v) is 10.0.